The lowest BCUT2D eigenvalue weighted by atomic mass is 10.0. The quantitative estimate of drug-likeness (QED) is 0.586. The molecule has 1 heterocycles. The van der Waals surface area contributed by atoms with Gasteiger partial charge in [0.15, 0.2) is 5.11 Å². The highest BCUT2D eigenvalue weighted by molar-refractivity contribution is 7.80. The number of rotatable bonds is 4. The van der Waals surface area contributed by atoms with Gasteiger partial charge in [0.05, 0.1) is 6.61 Å². The molecular weight excluding hydrogens is 208 g/mol. The van der Waals surface area contributed by atoms with E-state index in [2.05, 4.69) is 24.1 Å². The van der Waals surface area contributed by atoms with Gasteiger partial charge in [-0.25, -0.2) is 0 Å². The fraction of sp³-hybridized carbons (Fsp3) is 0.909. The van der Waals surface area contributed by atoms with E-state index in [0.29, 0.717) is 18.6 Å². The summed E-state index contributed by atoms with van der Waals surface area (Å²) in [5, 5.41) is 4.13. The lowest BCUT2D eigenvalue weighted by molar-refractivity contribution is 0.202. The van der Waals surface area contributed by atoms with Crippen LogP contribution in [-0.4, -0.2) is 42.9 Å². The Morgan fingerprint density at radius 3 is 2.93 bits per heavy atom. The van der Waals surface area contributed by atoms with E-state index in [1.54, 1.807) is 7.11 Å². The summed E-state index contributed by atoms with van der Waals surface area (Å²) in [7, 11) is 1.71. The molecule has 88 valence electrons. The molecule has 0 radical (unpaired) electrons. The summed E-state index contributed by atoms with van der Waals surface area (Å²) >= 11 is 5.38. The number of hydrogen-bond donors (Lipinski definition) is 1. The first-order chi connectivity index (χ1) is 7.16. The molecule has 1 atom stereocenters. The number of hydrogen-bond acceptors (Lipinski definition) is 2. The predicted octanol–water partition coefficient (Wildman–Crippen LogP) is 1.63. The molecule has 1 aliphatic rings. The van der Waals surface area contributed by atoms with Crippen LogP contribution in [0.15, 0.2) is 0 Å². The molecule has 0 aromatic heterocycles. The van der Waals surface area contributed by atoms with Gasteiger partial charge in [0.25, 0.3) is 0 Å². The van der Waals surface area contributed by atoms with E-state index in [4.69, 9.17) is 17.0 Å². The molecule has 0 bridgehead atoms. The zero-order chi connectivity index (χ0) is 11.3. The van der Waals surface area contributed by atoms with Gasteiger partial charge in [-0.15, -0.1) is 0 Å². The van der Waals surface area contributed by atoms with Crippen molar-refractivity contribution in [2.75, 3.05) is 26.8 Å². The minimum atomic E-state index is 0.618. The molecule has 1 aliphatic heterocycles. The zero-order valence-corrected chi connectivity index (χ0v) is 10.8. The third-order valence-electron chi connectivity index (χ3n) is 2.91. The van der Waals surface area contributed by atoms with E-state index < -0.39 is 0 Å². The summed E-state index contributed by atoms with van der Waals surface area (Å²) in [6.07, 6.45) is 2.53. The lowest BCUT2D eigenvalue weighted by Gasteiger charge is -2.30. The van der Waals surface area contributed by atoms with Crippen molar-refractivity contribution in [1.82, 2.24) is 10.2 Å². The molecule has 1 unspecified atom stereocenters. The van der Waals surface area contributed by atoms with Crippen LogP contribution >= 0.6 is 12.2 Å². The molecule has 0 saturated carbocycles. The maximum Gasteiger partial charge on any atom is 0.169 e. The SMILES string of the molecule is COCCNC(=S)N1CCCC1C(C)C. The Labute approximate surface area is 98.2 Å². The molecule has 1 N–H and O–H groups in total. The monoisotopic (exact) mass is 230 g/mol. The summed E-state index contributed by atoms with van der Waals surface area (Å²) in [6, 6.07) is 0.618. The second kappa shape index (κ2) is 6.28. The van der Waals surface area contributed by atoms with Gasteiger partial charge in [-0.3, -0.25) is 0 Å². The average Bonchev–Trinajstić information content (AvgIpc) is 2.66. The summed E-state index contributed by atoms with van der Waals surface area (Å²) in [5.74, 6) is 0.676. The Balaban J connectivity index is 2.37. The van der Waals surface area contributed by atoms with Crippen LogP contribution in [0.5, 0.6) is 0 Å². The van der Waals surface area contributed by atoms with Gasteiger partial charge >= 0.3 is 0 Å². The van der Waals surface area contributed by atoms with E-state index in [9.17, 15) is 0 Å². The van der Waals surface area contributed by atoms with E-state index in [1.165, 1.54) is 12.8 Å². The molecule has 0 spiro atoms. The number of nitrogens with zero attached hydrogens (tertiary/aromatic N) is 1. The molecule has 1 rings (SSSR count). The summed E-state index contributed by atoms with van der Waals surface area (Å²) < 4.78 is 4.99. The average molecular weight is 230 g/mol. The van der Waals surface area contributed by atoms with Crippen molar-refractivity contribution in [2.45, 2.75) is 32.7 Å². The van der Waals surface area contributed by atoms with Crippen LogP contribution in [0.2, 0.25) is 0 Å². The van der Waals surface area contributed by atoms with Crippen LogP contribution in [0.4, 0.5) is 0 Å². The minimum absolute atomic E-state index is 0.618. The molecule has 0 aromatic carbocycles. The predicted molar refractivity (Wildman–Crippen MR) is 67.0 cm³/mol. The Morgan fingerprint density at radius 1 is 1.60 bits per heavy atom. The fourth-order valence-corrected chi connectivity index (χ4v) is 2.43. The van der Waals surface area contributed by atoms with E-state index in [1.807, 2.05) is 0 Å². The van der Waals surface area contributed by atoms with Crippen molar-refractivity contribution in [2.24, 2.45) is 5.92 Å². The molecule has 0 aliphatic carbocycles. The van der Waals surface area contributed by atoms with Crippen molar-refractivity contribution < 1.29 is 4.74 Å². The first-order valence-corrected chi connectivity index (χ1v) is 6.11. The Bertz CT molecular complexity index is 209. The highest BCUT2D eigenvalue weighted by Crippen LogP contribution is 2.23. The van der Waals surface area contributed by atoms with Gasteiger partial charge in [-0.1, -0.05) is 13.8 Å². The molecule has 1 saturated heterocycles. The molecule has 15 heavy (non-hydrogen) atoms. The second-order valence-corrected chi connectivity index (χ2v) is 4.76. The summed E-state index contributed by atoms with van der Waals surface area (Å²) in [4.78, 5) is 2.33. The first kappa shape index (κ1) is 12.7. The Morgan fingerprint density at radius 2 is 2.33 bits per heavy atom. The van der Waals surface area contributed by atoms with Crippen LogP contribution in [0.25, 0.3) is 0 Å². The maximum absolute atomic E-state index is 5.38. The molecule has 4 heteroatoms. The maximum atomic E-state index is 5.38. The van der Waals surface area contributed by atoms with Gasteiger partial charge in [-0.2, -0.15) is 0 Å². The smallest absolute Gasteiger partial charge is 0.169 e. The van der Waals surface area contributed by atoms with Gasteiger partial charge in [0.2, 0.25) is 0 Å². The van der Waals surface area contributed by atoms with Crippen molar-refractivity contribution in [3.8, 4) is 0 Å². The van der Waals surface area contributed by atoms with E-state index in [-0.39, 0.29) is 0 Å². The van der Waals surface area contributed by atoms with Crippen LogP contribution in [0.3, 0.4) is 0 Å². The van der Waals surface area contributed by atoms with E-state index >= 15 is 0 Å². The molecule has 0 amide bonds. The second-order valence-electron chi connectivity index (χ2n) is 4.37. The van der Waals surface area contributed by atoms with Crippen LogP contribution in [-0.2, 0) is 4.74 Å². The Hall–Kier alpha value is -0.350. The summed E-state index contributed by atoms with van der Waals surface area (Å²) in [6.45, 7) is 7.14. The lowest BCUT2D eigenvalue weighted by Crippen LogP contribution is -2.45. The van der Waals surface area contributed by atoms with Crippen LogP contribution in [0, 0.1) is 5.92 Å². The number of thiocarbonyl (C=S) groups is 1. The van der Waals surface area contributed by atoms with Gasteiger partial charge in [-0.05, 0) is 31.0 Å². The van der Waals surface area contributed by atoms with Crippen molar-refractivity contribution in [3.63, 3.8) is 0 Å². The molecule has 0 aromatic rings. The highest BCUT2D eigenvalue weighted by atomic mass is 32.1. The highest BCUT2D eigenvalue weighted by Gasteiger charge is 2.28. The normalized spacial score (nSPS) is 21.1. The minimum Gasteiger partial charge on any atom is -0.383 e. The number of methoxy groups -OCH3 is 1. The van der Waals surface area contributed by atoms with Crippen molar-refractivity contribution in [1.29, 1.82) is 0 Å². The number of ether oxygens (including phenoxy) is 1. The van der Waals surface area contributed by atoms with Crippen LogP contribution in [0.1, 0.15) is 26.7 Å². The number of likely N-dealkylation sites (tertiary alicyclic amines) is 1. The van der Waals surface area contributed by atoms with Gasteiger partial charge in [0, 0.05) is 26.2 Å². The van der Waals surface area contributed by atoms with Gasteiger partial charge in [0.1, 0.15) is 0 Å². The fourth-order valence-electron chi connectivity index (χ4n) is 2.10. The van der Waals surface area contributed by atoms with E-state index in [0.717, 1.165) is 18.2 Å². The molecule has 1 fully saturated rings. The first-order valence-electron chi connectivity index (χ1n) is 5.70. The Kier molecular flexibility index (Phi) is 5.32. The van der Waals surface area contributed by atoms with Crippen molar-refractivity contribution >= 4 is 17.3 Å². The standard InChI is InChI=1S/C11H22N2OS/c1-9(2)10-5-4-7-13(10)11(15)12-6-8-14-3/h9-10H,4-8H2,1-3H3,(H,12,15). The third-order valence-corrected chi connectivity index (χ3v) is 3.29. The van der Waals surface area contributed by atoms with Crippen molar-refractivity contribution in [3.05, 3.63) is 0 Å². The molecular formula is C11H22N2OS. The largest absolute Gasteiger partial charge is 0.383 e. The van der Waals surface area contributed by atoms with Crippen LogP contribution < -0.4 is 5.32 Å². The third kappa shape index (κ3) is 3.61. The molecule has 3 nitrogen and oxygen atoms in total. The summed E-state index contributed by atoms with van der Waals surface area (Å²) in [5.41, 5.74) is 0. The topological polar surface area (TPSA) is 24.5 Å². The number of nitrogens with one attached hydrogen (secondary N) is 1. The van der Waals surface area contributed by atoms with Gasteiger partial charge < -0.3 is 15.0 Å². The zero-order valence-electron chi connectivity index (χ0n) is 9.95.